The lowest BCUT2D eigenvalue weighted by molar-refractivity contribution is -0.147. The van der Waals surface area contributed by atoms with Crippen molar-refractivity contribution in [2.45, 2.75) is 33.6 Å². The average Bonchev–Trinajstić information content (AvgIpc) is 3.26. The fourth-order valence-electron chi connectivity index (χ4n) is 2.17. The Kier molecular flexibility index (Phi) is 4.38. The van der Waals surface area contributed by atoms with E-state index < -0.39 is 5.41 Å². The van der Waals surface area contributed by atoms with Crippen LogP contribution in [0.2, 0.25) is 0 Å². The molecular weight excluding hydrogens is 250 g/mol. The molecule has 1 aromatic rings. The predicted octanol–water partition coefficient (Wildman–Crippen LogP) is 2.04. The molecule has 0 unspecified atom stereocenters. The quantitative estimate of drug-likeness (QED) is 0.787. The summed E-state index contributed by atoms with van der Waals surface area (Å²) in [7, 11) is 0. The van der Waals surface area contributed by atoms with Gasteiger partial charge in [-0.3, -0.25) is 9.78 Å². The molecular formula is C17H21NO2. The molecule has 106 valence electrons. The van der Waals surface area contributed by atoms with Gasteiger partial charge in [-0.2, -0.15) is 0 Å². The van der Waals surface area contributed by atoms with Crippen LogP contribution in [-0.4, -0.2) is 17.6 Å². The average molecular weight is 271 g/mol. The first-order chi connectivity index (χ1) is 9.65. The molecule has 1 aliphatic rings. The van der Waals surface area contributed by atoms with Gasteiger partial charge in [0.25, 0.3) is 0 Å². The van der Waals surface area contributed by atoms with Crippen LogP contribution in [0, 0.1) is 5.41 Å². The van der Waals surface area contributed by atoms with Gasteiger partial charge in [0.05, 0.1) is 17.7 Å². The second-order valence-corrected chi connectivity index (χ2v) is 5.03. The van der Waals surface area contributed by atoms with Gasteiger partial charge in [0.1, 0.15) is 0 Å². The van der Waals surface area contributed by atoms with E-state index in [2.05, 4.69) is 11.1 Å². The van der Waals surface area contributed by atoms with Gasteiger partial charge >= 0.3 is 5.97 Å². The topological polar surface area (TPSA) is 39.2 Å². The normalized spacial score (nSPS) is 18.6. The monoisotopic (exact) mass is 271 g/mol. The summed E-state index contributed by atoms with van der Waals surface area (Å²) >= 11 is 0. The summed E-state index contributed by atoms with van der Waals surface area (Å²) in [6, 6.07) is 2.03. The second-order valence-electron chi connectivity index (χ2n) is 5.03. The number of hydrogen-bond donors (Lipinski definition) is 0. The molecule has 0 saturated heterocycles. The molecule has 20 heavy (non-hydrogen) atoms. The van der Waals surface area contributed by atoms with Crippen molar-refractivity contribution in [2.75, 3.05) is 6.61 Å². The maximum absolute atomic E-state index is 11.9. The minimum Gasteiger partial charge on any atom is -0.465 e. The molecule has 1 saturated carbocycles. The molecule has 0 aromatic carbocycles. The van der Waals surface area contributed by atoms with Gasteiger partial charge < -0.3 is 4.74 Å². The summed E-state index contributed by atoms with van der Waals surface area (Å²) < 4.78 is 5.12. The van der Waals surface area contributed by atoms with Gasteiger partial charge in [0, 0.05) is 6.20 Å². The summed E-state index contributed by atoms with van der Waals surface area (Å²) in [6.45, 7) is 6.28. The Hall–Kier alpha value is -1.90. The molecule has 1 aliphatic carbocycles. The number of aromatic nitrogens is 1. The zero-order chi connectivity index (χ0) is 14.6. The zero-order valence-corrected chi connectivity index (χ0v) is 12.3. The lowest BCUT2D eigenvalue weighted by Gasteiger charge is -2.08. The van der Waals surface area contributed by atoms with Gasteiger partial charge in [-0.25, -0.2) is 0 Å². The molecule has 0 aliphatic heterocycles. The number of carbonyl (C=O) groups excluding carboxylic acids is 1. The van der Waals surface area contributed by atoms with Crippen LogP contribution >= 0.6 is 0 Å². The molecule has 0 bridgehead atoms. The van der Waals surface area contributed by atoms with E-state index in [0.29, 0.717) is 6.61 Å². The van der Waals surface area contributed by atoms with Crippen molar-refractivity contribution in [1.29, 1.82) is 0 Å². The number of rotatable bonds is 4. The van der Waals surface area contributed by atoms with Gasteiger partial charge in [0.15, 0.2) is 0 Å². The van der Waals surface area contributed by atoms with Crippen molar-refractivity contribution in [3.8, 4) is 0 Å². The van der Waals surface area contributed by atoms with Crippen molar-refractivity contribution in [2.24, 2.45) is 5.41 Å². The summed E-state index contributed by atoms with van der Waals surface area (Å²) in [6.07, 6.45) is 11.6. The highest BCUT2D eigenvalue weighted by Crippen LogP contribution is 2.48. The van der Waals surface area contributed by atoms with Gasteiger partial charge in [-0.15, -0.1) is 0 Å². The Balaban J connectivity index is 2.23. The summed E-state index contributed by atoms with van der Waals surface area (Å²) in [4.78, 5) is 16.3. The first-order valence-electron chi connectivity index (χ1n) is 7.10. The highest BCUT2D eigenvalue weighted by molar-refractivity contribution is 5.83. The third-order valence-corrected chi connectivity index (χ3v) is 3.66. The van der Waals surface area contributed by atoms with Gasteiger partial charge in [0.2, 0.25) is 0 Å². The molecule has 1 aromatic heterocycles. The highest BCUT2D eigenvalue weighted by atomic mass is 16.5. The molecule has 3 nitrogen and oxygen atoms in total. The van der Waals surface area contributed by atoms with Crippen molar-refractivity contribution in [3.05, 3.63) is 34.5 Å². The summed E-state index contributed by atoms with van der Waals surface area (Å²) in [5.74, 6) is -0.114. The van der Waals surface area contributed by atoms with Crippen LogP contribution in [0.15, 0.2) is 18.3 Å². The van der Waals surface area contributed by atoms with E-state index in [0.717, 1.165) is 29.0 Å². The number of pyridine rings is 1. The van der Waals surface area contributed by atoms with E-state index in [1.807, 2.05) is 51.3 Å². The van der Waals surface area contributed by atoms with Crippen LogP contribution in [-0.2, 0) is 9.53 Å². The molecule has 1 heterocycles. The van der Waals surface area contributed by atoms with Gasteiger partial charge in [-0.1, -0.05) is 18.2 Å². The Morgan fingerprint density at radius 3 is 2.60 bits per heavy atom. The second kappa shape index (κ2) is 6.04. The van der Waals surface area contributed by atoms with Crippen LogP contribution in [0.5, 0.6) is 0 Å². The molecule has 1 fully saturated rings. The van der Waals surface area contributed by atoms with Crippen LogP contribution in [0.4, 0.5) is 0 Å². The van der Waals surface area contributed by atoms with Crippen molar-refractivity contribution in [3.63, 3.8) is 0 Å². The predicted molar refractivity (Wildman–Crippen MR) is 81.1 cm³/mol. The zero-order valence-electron chi connectivity index (χ0n) is 12.3. The van der Waals surface area contributed by atoms with E-state index in [4.69, 9.17) is 4.74 Å². The largest absolute Gasteiger partial charge is 0.465 e. The first-order valence-corrected chi connectivity index (χ1v) is 7.10. The molecule has 3 heteroatoms. The van der Waals surface area contributed by atoms with Crippen LogP contribution < -0.4 is 10.4 Å². The van der Waals surface area contributed by atoms with Crippen molar-refractivity contribution in [1.82, 2.24) is 4.98 Å². The van der Waals surface area contributed by atoms with E-state index >= 15 is 0 Å². The molecule has 0 spiro atoms. The summed E-state index contributed by atoms with van der Waals surface area (Å²) in [5.41, 5.74) is 0.475. The molecule has 0 atom stereocenters. The standard InChI is InChI=1S/C17H21NO2/c1-4-13-11-15(18-12-14(13)5-2)7-8-17(9-10-17)16(19)20-6-3/h4-5,7-8,11-12H,6,9-10H2,1-3H3. The Labute approximate surface area is 119 Å². The van der Waals surface area contributed by atoms with Crippen LogP contribution in [0.1, 0.15) is 39.3 Å². The number of hydrogen-bond acceptors (Lipinski definition) is 3. The Morgan fingerprint density at radius 2 is 2.05 bits per heavy atom. The third kappa shape index (κ3) is 2.98. The Morgan fingerprint density at radius 1 is 1.35 bits per heavy atom. The summed E-state index contributed by atoms with van der Waals surface area (Å²) in [5, 5.41) is 2.28. The smallest absolute Gasteiger partial charge is 0.315 e. The number of nitrogens with zero attached hydrogens (tertiary/aromatic N) is 1. The molecule has 0 N–H and O–H groups in total. The maximum Gasteiger partial charge on any atom is 0.315 e. The lowest BCUT2D eigenvalue weighted by atomic mass is 10.1. The van der Waals surface area contributed by atoms with Gasteiger partial charge in [-0.05, 0) is 56.2 Å². The Bertz CT molecular complexity index is 639. The highest BCUT2D eigenvalue weighted by Gasteiger charge is 2.48. The number of esters is 1. The maximum atomic E-state index is 11.9. The lowest BCUT2D eigenvalue weighted by Crippen LogP contribution is -2.24. The minimum absolute atomic E-state index is 0.114. The van der Waals surface area contributed by atoms with E-state index in [1.54, 1.807) is 0 Å². The fraction of sp³-hybridized carbons (Fsp3) is 0.412. The molecule has 0 amide bonds. The number of ether oxygens (including phenoxy) is 1. The van der Waals surface area contributed by atoms with Crippen LogP contribution in [0.3, 0.4) is 0 Å². The van der Waals surface area contributed by atoms with Crippen molar-refractivity contribution >= 4 is 24.2 Å². The fourth-order valence-corrected chi connectivity index (χ4v) is 2.17. The van der Waals surface area contributed by atoms with Crippen molar-refractivity contribution < 1.29 is 9.53 Å². The number of carbonyl (C=O) groups is 1. The van der Waals surface area contributed by atoms with E-state index in [1.165, 1.54) is 0 Å². The first kappa shape index (κ1) is 14.5. The third-order valence-electron chi connectivity index (χ3n) is 3.66. The van der Waals surface area contributed by atoms with E-state index in [-0.39, 0.29) is 5.97 Å². The SMILES string of the molecule is CC=c1cnc(C=CC2(C(=O)OCC)CC2)cc1=CC. The van der Waals surface area contributed by atoms with E-state index in [9.17, 15) is 4.79 Å². The molecule has 0 radical (unpaired) electrons. The minimum atomic E-state index is -0.399. The molecule has 2 rings (SSSR count). The van der Waals surface area contributed by atoms with Crippen LogP contribution in [0.25, 0.3) is 18.2 Å².